The zero-order valence-corrected chi connectivity index (χ0v) is 18.6. The smallest absolute Gasteiger partial charge is 0.339 e. The highest BCUT2D eigenvalue weighted by Crippen LogP contribution is 2.43. The van der Waals surface area contributed by atoms with Crippen molar-refractivity contribution in [3.8, 4) is 11.8 Å². The number of allylic oxidation sites excluding steroid dienone is 1. The van der Waals surface area contributed by atoms with Crippen LogP contribution in [0.3, 0.4) is 0 Å². The molecule has 3 rings (SSSR count). The van der Waals surface area contributed by atoms with Gasteiger partial charge in [0.15, 0.2) is 0 Å². The molecule has 0 bridgehead atoms. The highest BCUT2D eigenvalue weighted by Gasteiger charge is 2.43. The SMILES string of the molecule is CCOC(=O)C1=C(C)OC(=N)C(C#N)C1c1ccccc1OS(=O)(=O)c1ccc(C)cc1. The summed E-state index contributed by atoms with van der Waals surface area (Å²) < 4.78 is 41.7. The molecule has 1 aliphatic rings. The number of esters is 1. The molecule has 0 amide bonds. The number of carbonyl (C=O) groups excluding carboxylic acids is 1. The minimum atomic E-state index is -4.19. The Morgan fingerprint density at radius 1 is 1.16 bits per heavy atom. The van der Waals surface area contributed by atoms with E-state index in [4.69, 9.17) is 19.1 Å². The molecule has 0 spiro atoms. The van der Waals surface area contributed by atoms with Crippen molar-refractivity contribution in [3.05, 3.63) is 71.0 Å². The summed E-state index contributed by atoms with van der Waals surface area (Å²) in [7, 11) is -4.19. The third-order valence-corrected chi connectivity index (χ3v) is 6.22. The molecule has 0 fully saturated rings. The molecule has 2 unspecified atom stereocenters. The van der Waals surface area contributed by atoms with Gasteiger partial charge in [-0.05, 0) is 39.0 Å². The third-order valence-electron chi connectivity index (χ3n) is 4.97. The molecular weight excluding hydrogens is 432 g/mol. The van der Waals surface area contributed by atoms with Gasteiger partial charge in [-0.25, -0.2) is 4.79 Å². The Balaban J connectivity index is 2.13. The number of hydrogen-bond donors (Lipinski definition) is 1. The number of para-hydroxylation sites is 1. The Kier molecular flexibility index (Phi) is 6.65. The number of nitrogens with zero attached hydrogens (tertiary/aromatic N) is 1. The van der Waals surface area contributed by atoms with Crippen molar-refractivity contribution in [1.29, 1.82) is 10.7 Å². The summed E-state index contributed by atoms with van der Waals surface area (Å²) in [4.78, 5) is 12.7. The highest BCUT2D eigenvalue weighted by molar-refractivity contribution is 7.87. The van der Waals surface area contributed by atoms with Crippen LogP contribution in [0, 0.1) is 29.6 Å². The van der Waals surface area contributed by atoms with Gasteiger partial charge in [0.25, 0.3) is 0 Å². The number of carbonyl (C=O) groups is 1. The van der Waals surface area contributed by atoms with Gasteiger partial charge < -0.3 is 13.7 Å². The van der Waals surface area contributed by atoms with Gasteiger partial charge in [-0.15, -0.1) is 0 Å². The molecule has 0 saturated heterocycles. The fourth-order valence-corrected chi connectivity index (χ4v) is 4.41. The van der Waals surface area contributed by atoms with Crippen molar-refractivity contribution in [2.75, 3.05) is 6.61 Å². The van der Waals surface area contributed by atoms with Gasteiger partial charge in [0.1, 0.15) is 22.3 Å². The topological polar surface area (TPSA) is 127 Å². The fourth-order valence-electron chi connectivity index (χ4n) is 3.45. The predicted octanol–water partition coefficient (Wildman–Crippen LogP) is 3.83. The number of benzene rings is 2. The lowest BCUT2D eigenvalue weighted by atomic mass is 9.78. The molecule has 32 heavy (non-hydrogen) atoms. The van der Waals surface area contributed by atoms with Crippen LogP contribution in [0.5, 0.6) is 5.75 Å². The van der Waals surface area contributed by atoms with E-state index in [1.54, 1.807) is 37.3 Å². The van der Waals surface area contributed by atoms with Crippen molar-refractivity contribution in [1.82, 2.24) is 0 Å². The van der Waals surface area contributed by atoms with Crippen LogP contribution in [0.1, 0.15) is 30.9 Å². The molecule has 0 aromatic heterocycles. The van der Waals surface area contributed by atoms with E-state index in [0.29, 0.717) is 0 Å². The predicted molar refractivity (Wildman–Crippen MR) is 115 cm³/mol. The fraction of sp³-hybridized carbons (Fsp3) is 0.261. The molecule has 0 saturated carbocycles. The first-order valence-corrected chi connectivity index (χ1v) is 11.2. The standard InChI is InChI=1S/C23H22N2O6S/c1-4-29-23(26)20-15(3)30-22(25)18(13-24)21(20)17-7-5-6-8-19(17)31-32(27,28)16-11-9-14(2)10-12-16/h5-12,18,21,25H,4H2,1-3H3. The summed E-state index contributed by atoms with van der Waals surface area (Å²) in [6, 6.07) is 14.4. The molecule has 2 atom stereocenters. The summed E-state index contributed by atoms with van der Waals surface area (Å²) >= 11 is 0. The van der Waals surface area contributed by atoms with E-state index in [0.717, 1.165) is 5.56 Å². The van der Waals surface area contributed by atoms with Crippen LogP contribution in [0.15, 0.2) is 64.8 Å². The molecule has 1 aliphatic heterocycles. The minimum absolute atomic E-state index is 0.0354. The van der Waals surface area contributed by atoms with Gasteiger partial charge in [-0.1, -0.05) is 35.9 Å². The maximum atomic E-state index is 12.9. The Hall–Kier alpha value is -3.64. The zero-order chi connectivity index (χ0) is 23.5. The Bertz CT molecular complexity index is 1230. The molecule has 166 valence electrons. The average Bonchev–Trinajstić information content (AvgIpc) is 2.74. The molecule has 2 aromatic carbocycles. The first-order valence-electron chi connectivity index (χ1n) is 9.83. The van der Waals surface area contributed by atoms with Crippen molar-refractivity contribution < 1.29 is 26.9 Å². The van der Waals surface area contributed by atoms with Crippen LogP contribution in [0.25, 0.3) is 0 Å². The molecule has 0 aliphatic carbocycles. The molecule has 1 N–H and O–H groups in total. The molecule has 2 aromatic rings. The lowest BCUT2D eigenvalue weighted by Crippen LogP contribution is -2.33. The number of nitriles is 1. The Labute approximate surface area is 186 Å². The summed E-state index contributed by atoms with van der Waals surface area (Å²) in [5, 5.41) is 17.8. The minimum Gasteiger partial charge on any atom is -0.463 e. The third kappa shape index (κ3) is 4.50. The van der Waals surface area contributed by atoms with E-state index >= 15 is 0 Å². The first-order chi connectivity index (χ1) is 15.2. The van der Waals surface area contributed by atoms with Crippen molar-refractivity contribution in [2.24, 2.45) is 5.92 Å². The summed E-state index contributed by atoms with van der Waals surface area (Å²) in [5.74, 6) is -3.18. The van der Waals surface area contributed by atoms with Gasteiger partial charge in [0.2, 0.25) is 5.90 Å². The molecular formula is C23H22N2O6S. The van der Waals surface area contributed by atoms with Crippen molar-refractivity contribution >= 4 is 22.0 Å². The van der Waals surface area contributed by atoms with Crippen LogP contribution < -0.4 is 4.18 Å². The van der Waals surface area contributed by atoms with E-state index in [1.165, 1.54) is 25.1 Å². The van der Waals surface area contributed by atoms with Gasteiger partial charge >= 0.3 is 16.1 Å². The van der Waals surface area contributed by atoms with Crippen LogP contribution in [0.4, 0.5) is 0 Å². The van der Waals surface area contributed by atoms with Crippen molar-refractivity contribution in [3.63, 3.8) is 0 Å². The molecule has 1 heterocycles. The van der Waals surface area contributed by atoms with E-state index < -0.39 is 27.9 Å². The van der Waals surface area contributed by atoms with Crippen LogP contribution in [0.2, 0.25) is 0 Å². The number of nitrogens with one attached hydrogen (secondary N) is 1. The molecule has 9 heteroatoms. The van der Waals surface area contributed by atoms with Crippen LogP contribution >= 0.6 is 0 Å². The summed E-state index contributed by atoms with van der Waals surface area (Å²) in [5.41, 5.74) is 1.19. The summed E-state index contributed by atoms with van der Waals surface area (Å²) in [6.45, 7) is 5.06. The molecule has 0 radical (unpaired) electrons. The van der Waals surface area contributed by atoms with Gasteiger partial charge in [-0.2, -0.15) is 13.7 Å². The lowest BCUT2D eigenvalue weighted by Gasteiger charge is -2.31. The largest absolute Gasteiger partial charge is 0.463 e. The number of aryl methyl sites for hydroxylation is 1. The zero-order valence-electron chi connectivity index (χ0n) is 17.8. The summed E-state index contributed by atoms with van der Waals surface area (Å²) in [6.07, 6.45) is 0. The van der Waals surface area contributed by atoms with E-state index in [1.807, 2.05) is 13.0 Å². The van der Waals surface area contributed by atoms with Crippen LogP contribution in [-0.4, -0.2) is 26.9 Å². The normalized spacial score (nSPS) is 18.5. The maximum absolute atomic E-state index is 12.9. The van der Waals surface area contributed by atoms with Gasteiger partial charge in [0.05, 0.1) is 18.2 Å². The van der Waals surface area contributed by atoms with Gasteiger partial charge in [0, 0.05) is 11.5 Å². The monoisotopic (exact) mass is 454 g/mol. The van der Waals surface area contributed by atoms with Crippen molar-refractivity contribution in [2.45, 2.75) is 31.6 Å². The second kappa shape index (κ2) is 9.24. The second-order valence-corrected chi connectivity index (χ2v) is 8.68. The Morgan fingerprint density at radius 2 is 1.81 bits per heavy atom. The maximum Gasteiger partial charge on any atom is 0.339 e. The highest BCUT2D eigenvalue weighted by atomic mass is 32.2. The van der Waals surface area contributed by atoms with E-state index in [9.17, 15) is 18.5 Å². The first kappa shape index (κ1) is 23.0. The Morgan fingerprint density at radius 3 is 2.44 bits per heavy atom. The molecule has 8 nitrogen and oxygen atoms in total. The van der Waals surface area contributed by atoms with Crippen LogP contribution in [-0.2, 0) is 24.4 Å². The van der Waals surface area contributed by atoms with E-state index in [-0.39, 0.29) is 40.0 Å². The number of hydrogen-bond acceptors (Lipinski definition) is 8. The van der Waals surface area contributed by atoms with Gasteiger partial charge in [-0.3, -0.25) is 5.41 Å². The van der Waals surface area contributed by atoms with E-state index in [2.05, 4.69) is 0 Å². The quantitative estimate of drug-likeness (QED) is 0.519. The number of ether oxygens (including phenoxy) is 2. The number of rotatable bonds is 6. The average molecular weight is 455 g/mol. The lowest BCUT2D eigenvalue weighted by molar-refractivity contribution is -0.139. The second-order valence-electron chi connectivity index (χ2n) is 7.13.